The molecule has 1 unspecified atom stereocenters. The van der Waals surface area contributed by atoms with Gasteiger partial charge in [0, 0.05) is 31.6 Å². The van der Waals surface area contributed by atoms with E-state index < -0.39 is 6.04 Å². The van der Waals surface area contributed by atoms with Gasteiger partial charge in [-0.05, 0) is 17.9 Å². The third-order valence-corrected chi connectivity index (χ3v) is 4.52. The van der Waals surface area contributed by atoms with Crippen molar-refractivity contribution in [2.24, 2.45) is 5.73 Å². The number of thiophene rings is 1. The third kappa shape index (κ3) is 4.04. The maximum Gasteiger partial charge on any atom is 0.254 e. The quantitative estimate of drug-likeness (QED) is 0.897. The van der Waals surface area contributed by atoms with E-state index in [-0.39, 0.29) is 11.8 Å². The molecular weight excluding hydrogens is 286 g/mol. The number of nitrogens with two attached hydrogens (primary N) is 1. The van der Waals surface area contributed by atoms with Gasteiger partial charge in [-0.1, -0.05) is 19.8 Å². The Morgan fingerprint density at radius 2 is 1.95 bits per heavy atom. The Kier molecular flexibility index (Phi) is 5.76. The second-order valence-electron chi connectivity index (χ2n) is 5.38. The second-order valence-corrected chi connectivity index (χ2v) is 6.16. The SMILES string of the molecule is CCCCC(N)C(=O)N1CCN(C(=O)c2ccsc2)CC1. The molecule has 6 heteroatoms. The number of piperazine rings is 1. The van der Waals surface area contributed by atoms with Crippen LogP contribution in [-0.4, -0.2) is 53.8 Å². The molecule has 2 rings (SSSR count). The highest BCUT2D eigenvalue weighted by Crippen LogP contribution is 2.13. The Labute approximate surface area is 129 Å². The van der Waals surface area contributed by atoms with Crippen LogP contribution < -0.4 is 5.73 Å². The molecule has 0 aliphatic carbocycles. The average Bonchev–Trinajstić information content (AvgIpc) is 3.05. The van der Waals surface area contributed by atoms with Crippen LogP contribution in [0.25, 0.3) is 0 Å². The molecule has 21 heavy (non-hydrogen) atoms. The summed E-state index contributed by atoms with van der Waals surface area (Å²) >= 11 is 1.52. The summed E-state index contributed by atoms with van der Waals surface area (Å²) in [6, 6.07) is 1.44. The van der Waals surface area contributed by atoms with E-state index >= 15 is 0 Å². The van der Waals surface area contributed by atoms with Crippen LogP contribution >= 0.6 is 11.3 Å². The van der Waals surface area contributed by atoms with E-state index in [0.717, 1.165) is 24.8 Å². The molecule has 0 bridgehead atoms. The normalized spacial score (nSPS) is 16.9. The molecule has 2 N–H and O–H groups in total. The highest BCUT2D eigenvalue weighted by Gasteiger charge is 2.27. The molecule has 0 radical (unpaired) electrons. The fourth-order valence-electron chi connectivity index (χ4n) is 2.48. The molecule has 2 heterocycles. The Morgan fingerprint density at radius 1 is 1.29 bits per heavy atom. The molecular formula is C15H23N3O2S. The maximum absolute atomic E-state index is 12.2. The van der Waals surface area contributed by atoms with Gasteiger partial charge < -0.3 is 15.5 Å². The van der Waals surface area contributed by atoms with E-state index in [0.29, 0.717) is 26.2 Å². The number of hydrogen-bond donors (Lipinski definition) is 1. The molecule has 0 saturated carbocycles. The Morgan fingerprint density at radius 3 is 2.52 bits per heavy atom. The fraction of sp³-hybridized carbons (Fsp3) is 0.600. The summed E-state index contributed by atoms with van der Waals surface area (Å²) in [6.45, 7) is 4.41. The van der Waals surface area contributed by atoms with E-state index in [4.69, 9.17) is 5.73 Å². The number of carbonyl (C=O) groups is 2. The average molecular weight is 309 g/mol. The minimum absolute atomic E-state index is 0.0195. The zero-order chi connectivity index (χ0) is 15.2. The van der Waals surface area contributed by atoms with Gasteiger partial charge in [-0.3, -0.25) is 9.59 Å². The van der Waals surface area contributed by atoms with Crippen molar-refractivity contribution in [1.82, 2.24) is 9.80 Å². The smallest absolute Gasteiger partial charge is 0.254 e. The number of unbranched alkanes of at least 4 members (excludes halogenated alkanes) is 1. The summed E-state index contributed by atoms with van der Waals surface area (Å²) in [5.74, 6) is 0.0738. The van der Waals surface area contributed by atoms with Crippen molar-refractivity contribution >= 4 is 23.2 Å². The number of amides is 2. The van der Waals surface area contributed by atoms with Crippen LogP contribution in [0.15, 0.2) is 16.8 Å². The number of rotatable bonds is 5. The van der Waals surface area contributed by atoms with Gasteiger partial charge in [-0.2, -0.15) is 11.3 Å². The topological polar surface area (TPSA) is 66.6 Å². The lowest BCUT2D eigenvalue weighted by atomic mass is 10.1. The van der Waals surface area contributed by atoms with E-state index in [1.807, 2.05) is 21.7 Å². The van der Waals surface area contributed by atoms with Crippen LogP contribution in [-0.2, 0) is 4.79 Å². The largest absolute Gasteiger partial charge is 0.338 e. The Hall–Kier alpha value is -1.40. The minimum atomic E-state index is -0.399. The van der Waals surface area contributed by atoms with Crippen LogP contribution in [0.3, 0.4) is 0 Å². The zero-order valence-corrected chi connectivity index (χ0v) is 13.3. The van der Waals surface area contributed by atoms with Gasteiger partial charge >= 0.3 is 0 Å². The fourth-order valence-corrected chi connectivity index (χ4v) is 3.11. The molecule has 1 aliphatic heterocycles. The van der Waals surface area contributed by atoms with Crippen LogP contribution in [0.2, 0.25) is 0 Å². The highest BCUT2D eigenvalue weighted by molar-refractivity contribution is 7.08. The summed E-state index contributed by atoms with van der Waals surface area (Å²) in [4.78, 5) is 28.0. The van der Waals surface area contributed by atoms with Crippen molar-refractivity contribution in [3.63, 3.8) is 0 Å². The van der Waals surface area contributed by atoms with Gasteiger partial charge in [0.2, 0.25) is 5.91 Å². The first-order valence-electron chi connectivity index (χ1n) is 7.49. The molecule has 2 amide bonds. The predicted octanol–water partition coefficient (Wildman–Crippen LogP) is 1.55. The first-order valence-corrected chi connectivity index (χ1v) is 8.43. The zero-order valence-electron chi connectivity index (χ0n) is 12.5. The van der Waals surface area contributed by atoms with Crippen LogP contribution in [0.1, 0.15) is 36.5 Å². The monoisotopic (exact) mass is 309 g/mol. The summed E-state index contributed by atoms with van der Waals surface area (Å²) < 4.78 is 0. The van der Waals surface area contributed by atoms with Gasteiger partial charge in [0.15, 0.2) is 0 Å². The molecule has 116 valence electrons. The number of carbonyl (C=O) groups excluding carboxylic acids is 2. The van der Waals surface area contributed by atoms with Gasteiger partial charge in [0.25, 0.3) is 5.91 Å². The van der Waals surface area contributed by atoms with Gasteiger partial charge in [0.1, 0.15) is 0 Å². The lowest BCUT2D eigenvalue weighted by Gasteiger charge is -2.35. The Balaban J connectivity index is 1.83. The molecule has 1 aromatic rings. The van der Waals surface area contributed by atoms with Crippen molar-refractivity contribution in [3.8, 4) is 0 Å². The summed E-state index contributed by atoms with van der Waals surface area (Å²) in [5, 5.41) is 3.76. The lowest BCUT2D eigenvalue weighted by Crippen LogP contribution is -2.54. The maximum atomic E-state index is 12.2. The molecule has 0 spiro atoms. The van der Waals surface area contributed by atoms with Crippen molar-refractivity contribution in [1.29, 1.82) is 0 Å². The summed E-state index contributed by atoms with van der Waals surface area (Å²) in [7, 11) is 0. The van der Waals surface area contributed by atoms with Crippen LogP contribution in [0.5, 0.6) is 0 Å². The molecule has 1 saturated heterocycles. The summed E-state index contributed by atoms with van der Waals surface area (Å²) in [6.07, 6.45) is 2.76. The molecule has 1 aromatic heterocycles. The van der Waals surface area contributed by atoms with Gasteiger partial charge in [-0.25, -0.2) is 0 Å². The molecule has 0 aromatic carbocycles. The first kappa shape index (κ1) is 16.0. The van der Waals surface area contributed by atoms with E-state index in [1.54, 1.807) is 4.90 Å². The first-order chi connectivity index (χ1) is 10.1. The summed E-state index contributed by atoms with van der Waals surface area (Å²) in [5.41, 5.74) is 6.67. The molecule has 1 atom stereocenters. The molecule has 1 fully saturated rings. The highest BCUT2D eigenvalue weighted by atomic mass is 32.1. The van der Waals surface area contributed by atoms with E-state index in [9.17, 15) is 9.59 Å². The van der Waals surface area contributed by atoms with Crippen molar-refractivity contribution < 1.29 is 9.59 Å². The van der Waals surface area contributed by atoms with Crippen LogP contribution in [0, 0.1) is 0 Å². The Bertz CT molecular complexity index is 467. The number of nitrogens with zero attached hydrogens (tertiary/aromatic N) is 2. The molecule has 1 aliphatic rings. The molecule has 5 nitrogen and oxygen atoms in total. The second kappa shape index (κ2) is 7.56. The van der Waals surface area contributed by atoms with Crippen molar-refractivity contribution in [3.05, 3.63) is 22.4 Å². The number of hydrogen-bond acceptors (Lipinski definition) is 4. The minimum Gasteiger partial charge on any atom is -0.338 e. The van der Waals surface area contributed by atoms with Crippen molar-refractivity contribution in [2.45, 2.75) is 32.2 Å². The third-order valence-electron chi connectivity index (χ3n) is 3.83. The van der Waals surface area contributed by atoms with Crippen LogP contribution in [0.4, 0.5) is 0 Å². The van der Waals surface area contributed by atoms with E-state index in [1.165, 1.54) is 11.3 Å². The standard InChI is InChI=1S/C15H23N3O2S/c1-2-3-4-13(16)15(20)18-8-6-17(7-9-18)14(19)12-5-10-21-11-12/h5,10-11,13H,2-4,6-9,16H2,1H3. The van der Waals surface area contributed by atoms with Gasteiger partial charge in [-0.15, -0.1) is 0 Å². The van der Waals surface area contributed by atoms with E-state index in [2.05, 4.69) is 6.92 Å². The lowest BCUT2D eigenvalue weighted by molar-refractivity contribution is -0.134. The predicted molar refractivity (Wildman–Crippen MR) is 84.3 cm³/mol. The van der Waals surface area contributed by atoms with Gasteiger partial charge in [0.05, 0.1) is 11.6 Å². The van der Waals surface area contributed by atoms with Crippen molar-refractivity contribution in [2.75, 3.05) is 26.2 Å².